The van der Waals surface area contributed by atoms with Crippen LogP contribution in [0.15, 0.2) is 77.7 Å². The fourth-order valence-electron chi connectivity index (χ4n) is 4.68. The molecule has 40 heavy (non-hydrogen) atoms. The lowest BCUT2D eigenvalue weighted by Crippen LogP contribution is -2.44. The molecule has 0 unspecified atom stereocenters. The zero-order chi connectivity index (χ0) is 27.8. The minimum atomic E-state index is -0.380. The smallest absolute Gasteiger partial charge is 0.282 e. The number of hydrogen-bond acceptors (Lipinski definition) is 7. The van der Waals surface area contributed by atoms with Crippen molar-refractivity contribution in [2.75, 3.05) is 43.4 Å². The summed E-state index contributed by atoms with van der Waals surface area (Å²) in [6.45, 7) is 4.07. The number of rotatable bonds is 5. The molecule has 3 heterocycles. The Kier molecular flexibility index (Phi) is 7.33. The van der Waals surface area contributed by atoms with Crippen molar-refractivity contribution >= 4 is 63.0 Å². The van der Waals surface area contributed by atoms with Gasteiger partial charge in [-0.1, -0.05) is 40.9 Å². The first kappa shape index (κ1) is 26.5. The molecule has 8 nitrogen and oxygen atoms in total. The molecular weight excluding hydrogens is 569 g/mol. The van der Waals surface area contributed by atoms with Crippen molar-refractivity contribution in [1.82, 2.24) is 24.6 Å². The summed E-state index contributed by atoms with van der Waals surface area (Å²) in [5, 5.41) is 9.56. The van der Waals surface area contributed by atoms with Crippen LogP contribution in [-0.2, 0) is 0 Å². The minimum Gasteiger partial charge on any atom is -0.369 e. The van der Waals surface area contributed by atoms with Gasteiger partial charge in [-0.25, -0.2) is 9.97 Å². The van der Waals surface area contributed by atoms with Crippen molar-refractivity contribution in [3.05, 3.63) is 98.3 Å². The third-order valence-corrected chi connectivity index (χ3v) is 7.65. The number of nitrogens with zero attached hydrogens (tertiary/aromatic N) is 6. The maximum atomic E-state index is 13.5. The highest BCUT2D eigenvalue weighted by molar-refractivity contribution is 6.36. The van der Waals surface area contributed by atoms with Crippen molar-refractivity contribution in [1.29, 1.82) is 0 Å². The van der Waals surface area contributed by atoms with Gasteiger partial charge in [-0.2, -0.15) is 9.78 Å². The number of hydrogen-bond donors (Lipinski definition) is 1. The molecule has 1 fully saturated rings. The first-order valence-corrected chi connectivity index (χ1v) is 13.8. The average molecular weight is 593 g/mol. The van der Waals surface area contributed by atoms with Gasteiger partial charge in [-0.05, 0) is 67.7 Å². The zero-order valence-electron chi connectivity index (χ0n) is 21.5. The Morgan fingerprint density at radius 1 is 0.850 bits per heavy atom. The van der Waals surface area contributed by atoms with E-state index in [9.17, 15) is 4.79 Å². The van der Waals surface area contributed by atoms with Crippen molar-refractivity contribution in [2.24, 2.45) is 0 Å². The number of halogens is 3. The van der Waals surface area contributed by atoms with E-state index in [2.05, 4.69) is 44.4 Å². The second-order valence-electron chi connectivity index (χ2n) is 9.59. The third kappa shape index (κ3) is 5.36. The molecule has 3 aromatic carbocycles. The molecule has 202 valence electrons. The van der Waals surface area contributed by atoms with Crippen LogP contribution in [0.4, 0.5) is 17.3 Å². The van der Waals surface area contributed by atoms with Gasteiger partial charge in [-0.3, -0.25) is 4.79 Å². The molecule has 1 saturated heterocycles. The number of aromatic nitrogens is 4. The highest BCUT2D eigenvalue weighted by atomic mass is 35.5. The van der Waals surface area contributed by atoms with E-state index in [1.165, 1.54) is 16.6 Å². The van der Waals surface area contributed by atoms with E-state index < -0.39 is 0 Å². The van der Waals surface area contributed by atoms with Crippen molar-refractivity contribution < 1.29 is 0 Å². The van der Waals surface area contributed by atoms with E-state index in [1.54, 1.807) is 42.5 Å². The fourth-order valence-corrected chi connectivity index (χ4v) is 5.36. The topological polar surface area (TPSA) is 79.2 Å². The van der Waals surface area contributed by atoms with E-state index in [0.29, 0.717) is 43.5 Å². The van der Waals surface area contributed by atoms with Crippen LogP contribution in [0, 0.1) is 0 Å². The van der Waals surface area contributed by atoms with Gasteiger partial charge in [0.1, 0.15) is 11.2 Å². The van der Waals surface area contributed by atoms with Gasteiger partial charge in [0.25, 0.3) is 5.56 Å². The Morgan fingerprint density at radius 3 is 2.33 bits per heavy atom. The molecule has 0 radical (unpaired) electrons. The number of anilines is 3. The Labute approximate surface area is 245 Å². The molecule has 0 saturated carbocycles. The van der Waals surface area contributed by atoms with E-state index in [-0.39, 0.29) is 10.9 Å². The lowest BCUT2D eigenvalue weighted by Gasteiger charge is -2.34. The second kappa shape index (κ2) is 11.1. The summed E-state index contributed by atoms with van der Waals surface area (Å²) >= 11 is 19.0. The Hall–Kier alpha value is -3.69. The monoisotopic (exact) mass is 591 g/mol. The van der Waals surface area contributed by atoms with Crippen LogP contribution in [-0.4, -0.2) is 57.9 Å². The fraction of sp³-hybridized carbons (Fsp3) is 0.172. The molecule has 0 atom stereocenters. The highest BCUT2D eigenvalue weighted by Crippen LogP contribution is 2.33. The van der Waals surface area contributed by atoms with Gasteiger partial charge in [0.15, 0.2) is 0 Å². The quantitative estimate of drug-likeness (QED) is 0.257. The second-order valence-corrected chi connectivity index (χ2v) is 10.9. The molecule has 1 aliphatic rings. The summed E-state index contributed by atoms with van der Waals surface area (Å²) in [4.78, 5) is 27.4. The first-order chi connectivity index (χ1) is 19.4. The van der Waals surface area contributed by atoms with Gasteiger partial charge in [0, 0.05) is 59.4 Å². The molecule has 5 aromatic rings. The summed E-state index contributed by atoms with van der Waals surface area (Å²) < 4.78 is 1.28. The molecule has 0 spiro atoms. The summed E-state index contributed by atoms with van der Waals surface area (Å²) in [7, 11) is 2.14. The summed E-state index contributed by atoms with van der Waals surface area (Å²) in [5.74, 6) is 0.327. The van der Waals surface area contributed by atoms with E-state index in [0.717, 1.165) is 31.9 Å². The number of benzene rings is 3. The van der Waals surface area contributed by atoms with Gasteiger partial charge < -0.3 is 15.1 Å². The van der Waals surface area contributed by atoms with E-state index in [1.807, 2.05) is 12.1 Å². The zero-order valence-corrected chi connectivity index (χ0v) is 23.7. The van der Waals surface area contributed by atoms with Gasteiger partial charge >= 0.3 is 0 Å². The molecule has 1 N–H and O–H groups in total. The average Bonchev–Trinajstić information content (AvgIpc) is 2.95. The van der Waals surface area contributed by atoms with Gasteiger partial charge in [-0.15, -0.1) is 0 Å². The van der Waals surface area contributed by atoms with Crippen LogP contribution < -0.4 is 15.8 Å². The van der Waals surface area contributed by atoms with Crippen molar-refractivity contribution in [3.8, 4) is 16.9 Å². The van der Waals surface area contributed by atoms with Gasteiger partial charge in [0.05, 0.1) is 16.1 Å². The number of nitrogens with one attached hydrogen (secondary N) is 1. The number of likely N-dealkylation sites (N-methyl/N-ethyl adjacent to an activating group) is 1. The normalized spacial score (nSPS) is 14.1. The molecule has 1 aliphatic heterocycles. The Bertz CT molecular complexity index is 1770. The van der Waals surface area contributed by atoms with Crippen LogP contribution in [0.3, 0.4) is 0 Å². The molecule has 0 bridgehead atoms. The summed E-state index contributed by atoms with van der Waals surface area (Å²) in [6.07, 6.45) is 1.50. The lowest BCUT2D eigenvalue weighted by atomic mass is 10.1. The number of piperazine rings is 1. The lowest BCUT2D eigenvalue weighted by molar-refractivity contribution is 0.313. The van der Waals surface area contributed by atoms with Crippen molar-refractivity contribution in [2.45, 2.75) is 0 Å². The summed E-state index contributed by atoms with van der Waals surface area (Å²) in [6, 6.07) is 20.1. The third-order valence-electron chi connectivity index (χ3n) is 6.87. The maximum absolute atomic E-state index is 13.5. The standard InChI is InChI=1S/C29H24Cl3N7O/c1-37-11-13-38(14-12-37)21-8-6-20(7-9-21)34-29-33-17-24-26(35-29)27(23-10-5-19(31)16-25(23)32)36-39(28(24)40)22-4-2-3-18(30)15-22/h2-10,15-17H,11-14H2,1H3,(H,33,34,35). The largest absolute Gasteiger partial charge is 0.369 e. The van der Waals surface area contributed by atoms with Crippen LogP contribution in [0.1, 0.15) is 0 Å². The summed E-state index contributed by atoms with van der Waals surface area (Å²) in [5.41, 5.74) is 3.47. The van der Waals surface area contributed by atoms with Crippen LogP contribution in [0.5, 0.6) is 0 Å². The molecule has 0 amide bonds. The minimum absolute atomic E-state index is 0.284. The molecule has 2 aromatic heterocycles. The highest BCUT2D eigenvalue weighted by Gasteiger charge is 2.19. The Morgan fingerprint density at radius 2 is 1.60 bits per heavy atom. The predicted octanol–water partition coefficient (Wildman–Crippen LogP) is 6.30. The van der Waals surface area contributed by atoms with Crippen LogP contribution in [0.25, 0.3) is 27.8 Å². The van der Waals surface area contributed by atoms with Crippen LogP contribution in [0.2, 0.25) is 15.1 Å². The molecule has 0 aliphatic carbocycles. The first-order valence-electron chi connectivity index (χ1n) is 12.7. The SMILES string of the molecule is CN1CCN(c2ccc(Nc3ncc4c(=O)n(-c5cccc(Cl)c5)nc(-c5ccc(Cl)cc5Cl)c4n3)cc2)CC1. The Balaban J connectivity index is 1.41. The number of fused-ring (bicyclic) bond motifs is 1. The van der Waals surface area contributed by atoms with E-state index >= 15 is 0 Å². The maximum Gasteiger partial charge on any atom is 0.282 e. The molecule has 11 heteroatoms. The van der Waals surface area contributed by atoms with E-state index in [4.69, 9.17) is 39.8 Å². The molecule has 6 rings (SSSR count). The van der Waals surface area contributed by atoms with Gasteiger partial charge in [0.2, 0.25) is 5.95 Å². The predicted molar refractivity (Wildman–Crippen MR) is 163 cm³/mol. The van der Waals surface area contributed by atoms with Crippen molar-refractivity contribution in [3.63, 3.8) is 0 Å². The van der Waals surface area contributed by atoms with Crippen LogP contribution >= 0.6 is 34.8 Å². The molecular formula is C29H24Cl3N7O.